The summed E-state index contributed by atoms with van der Waals surface area (Å²) >= 11 is 0. The van der Waals surface area contributed by atoms with Crippen molar-refractivity contribution in [2.45, 2.75) is 52.2 Å². The Morgan fingerprint density at radius 3 is 2.32 bits per heavy atom. The molecule has 138 valence electrons. The minimum Gasteiger partial charge on any atom is -0.444 e. The minimum atomic E-state index is -0.611. The van der Waals surface area contributed by atoms with Gasteiger partial charge in [-0.25, -0.2) is 10.6 Å². The molecule has 25 heavy (non-hydrogen) atoms. The van der Waals surface area contributed by atoms with Crippen LogP contribution < -0.4 is 16.6 Å². The van der Waals surface area contributed by atoms with E-state index in [1.54, 1.807) is 39.8 Å². The Bertz CT molecular complexity index is 593. The normalized spacial score (nSPS) is 13.5. The van der Waals surface area contributed by atoms with Gasteiger partial charge in [-0.05, 0) is 39.2 Å². The molecule has 2 atom stereocenters. The second kappa shape index (κ2) is 9.17. The number of alkyl carbamates (subject to hydrolysis) is 1. The van der Waals surface area contributed by atoms with Crippen LogP contribution in [-0.4, -0.2) is 29.9 Å². The van der Waals surface area contributed by atoms with E-state index in [4.69, 9.17) is 10.6 Å². The first-order chi connectivity index (χ1) is 11.6. The third-order valence-electron chi connectivity index (χ3n) is 3.55. The monoisotopic (exact) mass is 349 g/mol. The zero-order valence-electron chi connectivity index (χ0n) is 15.2. The van der Waals surface area contributed by atoms with Crippen molar-refractivity contribution in [3.8, 4) is 0 Å². The quantitative estimate of drug-likeness (QED) is 0.302. The van der Waals surface area contributed by atoms with Gasteiger partial charge in [0.25, 0.3) is 0 Å². The molecule has 0 aliphatic heterocycles. The summed E-state index contributed by atoms with van der Waals surface area (Å²) in [7, 11) is 0. The fraction of sp³-hybridized carbons (Fsp3) is 0.500. The lowest BCUT2D eigenvalue weighted by molar-refractivity contribution is -0.124. The first kappa shape index (κ1) is 20.6. The molecule has 1 aromatic rings. The summed E-state index contributed by atoms with van der Waals surface area (Å²) in [6.45, 7) is 7.08. The molecule has 0 aromatic heterocycles. The average Bonchev–Trinajstić information content (AvgIpc) is 2.52. The van der Waals surface area contributed by atoms with Gasteiger partial charge in [-0.2, -0.15) is 0 Å². The Labute approximate surface area is 148 Å². The Balaban J connectivity index is 2.83. The summed E-state index contributed by atoms with van der Waals surface area (Å²) in [5.74, 6) is 4.50. The van der Waals surface area contributed by atoms with Gasteiger partial charge in [-0.15, -0.1) is 0 Å². The molecule has 0 bridgehead atoms. The summed E-state index contributed by atoms with van der Waals surface area (Å²) < 4.78 is 5.29. The SMILES string of the molecule is CC(CC(Cc1ccc(C=O)cc1)NC(=O)OC(C)(C)C)C(=O)NN. The third-order valence-corrected chi connectivity index (χ3v) is 3.55. The lowest BCUT2D eigenvalue weighted by Crippen LogP contribution is -2.43. The number of aldehydes is 1. The van der Waals surface area contributed by atoms with Gasteiger partial charge in [0.2, 0.25) is 5.91 Å². The number of hydrazine groups is 1. The lowest BCUT2D eigenvalue weighted by Gasteiger charge is -2.25. The summed E-state index contributed by atoms with van der Waals surface area (Å²) in [6.07, 6.45) is 1.13. The highest BCUT2D eigenvalue weighted by Crippen LogP contribution is 2.14. The molecule has 0 aliphatic rings. The van der Waals surface area contributed by atoms with E-state index < -0.39 is 11.7 Å². The van der Waals surface area contributed by atoms with Gasteiger partial charge in [0.15, 0.2) is 0 Å². The van der Waals surface area contributed by atoms with E-state index >= 15 is 0 Å². The molecule has 0 aliphatic carbocycles. The number of carbonyl (C=O) groups is 3. The van der Waals surface area contributed by atoms with Crippen LogP contribution in [0.15, 0.2) is 24.3 Å². The maximum atomic E-state index is 12.1. The van der Waals surface area contributed by atoms with E-state index in [-0.39, 0.29) is 17.9 Å². The first-order valence-corrected chi connectivity index (χ1v) is 8.18. The maximum absolute atomic E-state index is 12.1. The van der Waals surface area contributed by atoms with Gasteiger partial charge < -0.3 is 10.1 Å². The van der Waals surface area contributed by atoms with Crippen molar-refractivity contribution in [3.63, 3.8) is 0 Å². The standard InChI is InChI=1S/C18H27N3O4/c1-12(16(23)21-19)9-15(20-17(24)25-18(2,3)4)10-13-5-7-14(11-22)8-6-13/h5-8,11-12,15H,9-10,19H2,1-4H3,(H,20,24)(H,21,23). The molecule has 2 unspecified atom stereocenters. The fourth-order valence-electron chi connectivity index (χ4n) is 2.36. The van der Waals surface area contributed by atoms with Crippen molar-refractivity contribution in [1.29, 1.82) is 0 Å². The second-order valence-electron chi connectivity index (χ2n) is 7.05. The van der Waals surface area contributed by atoms with Gasteiger partial charge in [0.05, 0.1) is 0 Å². The van der Waals surface area contributed by atoms with Gasteiger partial charge in [0.1, 0.15) is 11.9 Å². The van der Waals surface area contributed by atoms with Crippen molar-refractivity contribution in [2.75, 3.05) is 0 Å². The van der Waals surface area contributed by atoms with Crippen molar-refractivity contribution in [3.05, 3.63) is 35.4 Å². The van der Waals surface area contributed by atoms with Crippen LogP contribution in [0.5, 0.6) is 0 Å². The number of hydrogen-bond donors (Lipinski definition) is 3. The van der Waals surface area contributed by atoms with Gasteiger partial charge in [0, 0.05) is 17.5 Å². The molecule has 0 saturated heterocycles. The van der Waals surface area contributed by atoms with Gasteiger partial charge >= 0.3 is 6.09 Å². The predicted octanol–water partition coefficient (Wildman–Crippen LogP) is 1.95. The highest BCUT2D eigenvalue weighted by atomic mass is 16.6. The number of ether oxygens (including phenoxy) is 1. The molecule has 1 rings (SSSR count). The van der Waals surface area contributed by atoms with Crippen LogP contribution in [-0.2, 0) is 16.0 Å². The molecule has 0 fully saturated rings. The molecule has 1 aromatic carbocycles. The highest BCUT2D eigenvalue weighted by molar-refractivity contribution is 5.77. The molecule has 7 heteroatoms. The largest absolute Gasteiger partial charge is 0.444 e. The van der Waals surface area contributed by atoms with Crippen LogP contribution in [0.4, 0.5) is 4.79 Å². The number of nitrogens with two attached hydrogens (primary N) is 1. The van der Waals surface area contributed by atoms with E-state index in [2.05, 4.69) is 10.7 Å². The smallest absolute Gasteiger partial charge is 0.407 e. The average molecular weight is 349 g/mol. The molecule has 7 nitrogen and oxygen atoms in total. The zero-order valence-corrected chi connectivity index (χ0v) is 15.2. The molecule has 0 saturated carbocycles. The van der Waals surface area contributed by atoms with Crippen molar-refractivity contribution < 1.29 is 19.1 Å². The summed E-state index contributed by atoms with van der Waals surface area (Å²) in [5.41, 5.74) is 3.03. The summed E-state index contributed by atoms with van der Waals surface area (Å²) in [5, 5.41) is 2.81. The Morgan fingerprint density at radius 1 is 1.24 bits per heavy atom. The van der Waals surface area contributed by atoms with E-state index in [0.717, 1.165) is 11.8 Å². The first-order valence-electron chi connectivity index (χ1n) is 8.18. The minimum absolute atomic E-state index is 0.299. The number of rotatable bonds is 7. The van der Waals surface area contributed by atoms with Crippen LogP contribution in [0.3, 0.4) is 0 Å². The Kier molecular flexibility index (Phi) is 7.57. The number of nitrogens with one attached hydrogen (secondary N) is 2. The van der Waals surface area contributed by atoms with Crippen molar-refractivity contribution >= 4 is 18.3 Å². The van der Waals surface area contributed by atoms with Crippen LogP contribution in [0.25, 0.3) is 0 Å². The lowest BCUT2D eigenvalue weighted by atomic mass is 9.95. The number of carbonyl (C=O) groups excluding carboxylic acids is 3. The fourth-order valence-corrected chi connectivity index (χ4v) is 2.36. The van der Waals surface area contributed by atoms with E-state index in [0.29, 0.717) is 18.4 Å². The number of benzene rings is 1. The van der Waals surface area contributed by atoms with Gasteiger partial charge in [-0.3, -0.25) is 15.0 Å². The molecular weight excluding hydrogens is 322 g/mol. The zero-order chi connectivity index (χ0) is 19.0. The van der Waals surface area contributed by atoms with Crippen LogP contribution in [0.1, 0.15) is 50.0 Å². The molecule has 2 amide bonds. The maximum Gasteiger partial charge on any atom is 0.407 e. The Morgan fingerprint density at radius 2 is 1.84 bits per heavy atom. The summed E-state index contributed by atoms with van der Waals surface area (Å²) in [6, 6.07) is 6.75. The van der Waals surface area contributed by atoms with Gasteiger partial charge in [-0.1, -0.05) is 31.2 Å². The van der Waals surface area contributed by atoms with Crippen molar-refractivity contribution in [1.82, 2.24) is 10.7 Å². The van der Waals surface area contributed by atoms with E-state index in [1.165, 1.54) is 0 Å². The number of amides is 2. The van der Waals surface area contributed by atoms with Crippen LogP contribution >= 0.6 is 0 Å². The Hall–Kier alpha value is -2.41. The molecular formula is C18H27N3O4. The molecule has 0 radical (unpaired) electrons. The van der Waals surface area contributed by atoms with Crippen molar-refractivity contribution in [2.24, 2.45) is 11.8 Å². The summed E-state index contributed by atoms with van der Waals surface area (Å²) in [4.78, 5) is 34.5. The third kappa shape index (κ3) is 7.80. The van der Waals surface area contributed by atoms with E-state index in [1.807, 2.05) is 12.1 Å². The molecule has 0 heterocycles. The number of hydrogen-bond acceptors (Lipinski definition) is 5. The van der Waals surface area contributed by atoms with Crippen LogP contribution in [0.2, 0.25) is 0 Å². The van der Waals surface area contributed by atoms with E-state index in [9.17, 15) is 14.4 Å². The topological polar surface area (TPSA) is 111 Å². The second-order valence-corrected chi connectivity index (χ2v) is 7.05. The van der Waals surface area contributed by atoms with Crippen LogP contribution in [0, 0.1) is 5.92 Å². The molecule has 4 N–H and O–H groups in total. The molecule has 0 spiro atoms. The highest BCUT2D eigenvalue weighted by Gasteiger charge is 2.23. The predicted molar refractivity (Wildman–Crippen MR) is 94.8 cm³/mol.